The molecule has 0 amide bonds. The molecule has 1 aromatic heterocycles. The number of pyridine rings is 1. The number of aryl methyl sites for hydroxylation is 3. The number of rotatable bonds is 6. The maximum atomic E-state index is 15.0. The van der Waals surface area contributed by atoms with Crippen LogP contribution in [0.5, 0.6) is 0 Å². The van der Waals surface area contributed by atoms with E-state index in [2.05, 4.69) is 18.0 Å². The molecule has 0 radical (unpaired) electrons. The zero-order chi connectivity index (χ0) is 22.0. The Labute approximate surface area is 178 Å². The van der Waals surface area contributed by atoms with Gasteiger partial charge in [0, 0.05) is 17.1 Å². The van der Waals surface area contributed by atoms with Gasteiger partial charge in [-0.25, -0.2) is 17.6 Å². The molecular formula is C26H21F4N. The third-order valence-corrected chi connectivity index (χ3v) is 5.42. The minimum Gasteiger partial charge on any atom is -0.256 e. The van der Waals surface area contributed by atoms with Crippen LogP contribution in [0.25, 0.3) is 22.0 Å². The number of hydrogen-bond acceptors (Lipinski definition) is 1. The summed E-state index contributed by atoms with van der Waals surface area (Å²) in [5.74, 6) is -4.33. The first-order valence-electron chi connectivity index (χ1n) is 10.3. The summed E-state index contributed by atoms with van der Waals surface area (Å²) in [6, 6.07) is 14.9. The van der Waals surface area contributed by atoms with E-state index in [4.69, 9.17) is 0 Å². The topological polar surface area (TPSA) is 12.9 Å². The Morgan fingerprint density at radius 3 is 2.16 bits per heavy atom. The van der Waals surface area contributed by atoms with Crippen LogP contribution in [0.4, 0.5) is 17.6 Å². The van der Waals surface area contributed by atoms with Gasteiger partial charge in [-0.15, -0.1) is 0 Å². The van der Waals surface area contributed by atoms with Gasteiger partial charge in [-0.3, -0.25) is 4.98 Å². The van der Waals surface area contributed by atoms with E-state index in [9.17, 15) is 13.2 Å². The molecule has 158 valence electrons. The van der Waals surface area contributed by atoms with Crippen molar-refractivity contribution in [2.45, 2.75) is 32.6 Å². The van der Waals surface area contributed by atoms with Crippen LogP contribution in [0, 0.1) is 23.3 Å². The highest BCUT2D eigenvalue weighted by Gasteiger charge is 2.13. The van der Waals surface area contributed by atoms with Gasteiger partial charge in [-0.1, -0.05) is 43.7 Å². The van der Waals surface area contributed by atoms with Gasteiger partial charge in [0.25, 0.3) is 0 Å². The second-order valence-corrected chi connectivity index (χ2v) is 7.65. The molecule has 0 bridgehead atoms. The molecule has 0 unspecified atom stereocenters. The van der Waals surface area contributed by atoms with Crippen LogP contribution in [0.2, 0.25) is 0 Å². The van der Waals surface area contributed by atoms with Gasteiger partial charge in [-0.05, 0) is 65.6 Å². The van der Waals surface area contributed by atoms with Crippen LogP contribution in [0.1, 0.15) is 30.0 Å². The van der Waals surface area contributed by atoms with Gasteiger partial charge in [0.05, 0.1) is 5.69 Å². The molecule has 4 rings (SSSR count). The average molecular weight is 423 g/mol. The number of halogens is 4. The van der Waals surface area contributed by atoms with Crippen molar-refractivity contribution < 1.29 is 17.6 Å². The summed E-state index contributed by atoms with van der Waals surface area (Å²) < 4.78 is 54.9. The fraction of sp³-hybridized carbons (Fsp3) is 0.192. The van der Waals surface area contributed by atoms with Crippen molar-refractivity contribution in [2.75, 3.05) is 0 Å². The van der Waals surface area contributed by atoms with E-state index >= 15 is 4.39 Å². The number of benzene rings is 3. The minimum atomic E-state index is -1.49. The van der Waals surface area contributed by atoms with E-state index in [1.165, 1.54) is 5.56 Å². The first-order valence-corrected chi connectivity index (χ1v) is 10.3. The number of aromatic nitrogens is 1. The smallest absolute Gasteiger partial charge is 0.194 e. The first kappa shape index (κ1) is 21.0. The zero-order valence-electron chi connectivity index (χ0n) is 17.1. The summed E-state index contributed by atoms with van der Waals surface area (Å²) in [6.07, 6.45) is 4.35. The molecular weight excluding hydrogens is 402 g/mol. The molecule has 0 atom stereocenters. The monoisotopic (exact) mass is 423 g/mol. The van der Waals surface area contributed by atoms with E-state index in [1.54, 1.807) is 12.1 Å². The maximum Gasteiger partial charge on any atom is 0.194 e. The molecule has 0 saturated heterocycles. The molecule has 0 aliphatic rings. The molecule has 1 heterocycles. The minimum absolute atomic E-state index is 0.197. The highest BCUT2D eigenvalue weighted by molar-refractivity contribution is 5.88. The van der Waals surface area contributed by atoms with Gasteiger partial charge in [0.1, 0.15) is 5.82 Å². The lowest BCUT2D eigenvalue weighted by molar-refractivity contribution is 0.445. The highest BCUT2D eigenvalue weighted by atomic mass is 19.2. The molecule has 0 N–H and O–H groups in total. The second-order valence-electron chi connectivity index (χ2n) is 7.65. The van der Waals surface area contributed by atoms with Crippen LogP contribution >= 0.6 is 0 Å². The molecule has 3 aromatic carbocycles. The Balaban J connectivity index is 1.57. The Hall–Kier alpha value is -3.21. The number of nitrogens with zero attached hydrogens (tertiary/aromatic N) is 1. The second kappa shape index (κ2) is 8.88. The fourth-order valence-corrected chi connectivity index (χ4v) is 3.75. The largest absolute Gasteiger partial charge is 0.256 e. The van der Waals surface area contributed by atoms with Crippen LogP contribution in [0.3, 0.4) is 0 Å². The predicted molar refractivity (Wildman–Crippen MR) is 115 cm³/mol. The van der Waals surface area contributed by atoms with Gasteiger partial charge in [-0.2, -0.15) is 0 Å². The van der Waals surface area contributed by atoms with Gasteiger partial charge in [0.2, 0.25) is 0 Å². The van der Waals surface area contributed by atoms with E-state index in [0.29, 0.717) is 10.9 Å². The summed E-state index contributed by atoms with van der Waals surface area (Å²) in [7, 11) is 0. The van der Waals surface area contributed by atoms with Crippen LogP contribution < -0.4 is 0 Å². The average Bonchev–Trinajstić information content (AvgIpc) is 2.77. The number of hydrogen-bond donors (Lipinski definition) is 0. The molecule has 5 heteroatoms. The van der Waals surface area contributed by atoms with Crippen molar-refractivity contribution in [1.29, 1.82) is 0 Å². The molecule has 0 saturated carbocycles. The zero-order valence-corrected chi connectivity index (χ0v) is 17.1. The van der Waals surface area contributed by atoms with Crippen molar-refractivity contribution in [1.82, 2.24) is 4.98 Å². The fourth-order valence-electron chi connectivity index (χ4n) is 3.75. The van der Waals surface area contributed by atoms with Crippen molar-refractivity contribution in [3.05, 3.63) is 101 Å². The molecule has 0 aliphatic carbocycles. The summed E-state index contributed by atoms with van der Waals surface area (Å²) >= 11 is 0. The van der Waals surface area contributed by atoms with Gasteiger partial charge < -0.3 is 0 Å². The quantitative estimate of drug-likeness (QED) is 0.236. The standard InChI is InChI=1S/C26H21F4N/c1-2-3-16-5-11-24(31-15-16)20-9-10-21-19(14-20)8-7-18(25(21)29)6-4-17-12-22(27)26(30)23(28)13-17/h5,7-15H,2-4,6H2,1H3. The van der Waals surface area contributed by atoms with Crippen molar-refractivity contribution >= 4 is 10.8 Å². The normalized spacial score (nSPS) is 11.3. The highest BCUT2D eigenvalue weighted by Crippen LogP contribution is 2.27. The Morgan fingerprint density at radius 2 is 1.48 bits per heavy atom. The van der Waals surface area contributed by atoms with E-state index in [1.807, 2.05) is 30.5 Å². The predicted octanol–water partition coefficient (Wildman–Crippen LogP) is 7.20. The Morgan fingerprint density at radius 1 is 0.710 bits per heavy atom. The third-order valence-electron chi connectivity index (χ3n) is 5.42. The molecule has 4 aromatic rings. The van der Waals surface area contributed by atoms with E-state index < -0.39 is 17.5 Å². The maximum absolute atomic E-state index is 15.0. The van der Waals surface area contributed by atoms with Crippen LogP contribution in [-0.2, 0) is 19.3 Å². The molecule has 0 fully saturated rings. The lowest BCUT2D eigenvalue weighted by Crippen LogP contribution is -1.99. The van der Waals surface area contributed by atoms with Crippen LogP contribution in [0.15, 0.2) is 60.8 Å². The lowest BCUT2D eigenvalue weighted by atomic mass is 9.98. The Kier molecular flexibility index (Phi) is 6.03. The summed E-state index contributed by atoms with van der Waals surface area (Å²) in [5.41, 5.74) is 3.63. The molecule has 31 heavy (non-hydrogen) atoms. The van der Waals surface area contributed by atoms with E-state index in [-0.39, 0.29) is 24.2 Å². The van der Waals surface area contributed by atoms with Crippen molar-refractivity contribution in [3.63, 3.8) is 0 Å². The van der Waals surface area contributed by atoms with Crippen molar-refractivity contribution in [2.24, 2.45) is 0 Å². The third kappa shape index (κ3) is 4.46. The summed E-state index contributed by atoms with van der Waals surface area (Å²) in [5, 5.41) is 1.22. The van der Waals surface area contributed by atoms with Crippen LogP contribution in [-0.4, -0.2) is 4.98 Å². The number of fused-ring (bicyclic) bond motifs is 1. The first-order chi connectivity index (χ1) is 15.0. The lowest BCUT2D eigenvalue weighted by Gasteiger charge is -2.09. The van der Waals surface area contributed by atoms with E-state index in [0.717, 1.165) is 41.6 Å². The van der Waals surface area contributed by atoms with Gasteiger partial charge in [0.15, 0.2) is 17.5 Å². The Bertz CT molecular complexity index is 1210. The summed E-state index contributed by atoms with van der Waals surface area (Å²) in [4.78, 5) is 4.52. The van der Waals surface area contributed by atoms with Gasteiger partial charge >= 0.3 is 0 Å². The SMILES string of the molecule is CCCc1ccc(-c2ccc3c(F)c(CCc4cc(F)c(F)c(F)c4)ccc3c2)nc1. The summed E-state index contributed by atoms with van der Waals surface area (Å²) in [6.45, 7) is 2.12. The van der Waals surface area contributed by atoms with Crippen molar-refractivity contribution in [3.8, 4) is 11.3 Å². The molecule has 1 nitrogen and oxygen atoms in total. The molecule has 0 spiro atoms. The molecule has 0 aliphatic heterocycles.